The number of fused-ring (bicyclic) bond motifs is 1. The first-order chi connectivity index (χ1) is 9.74. The van der Waals surface area contributed by atoms with Crippen LogP contribution in [0.5, 0.6) is 0 Å². The van der Waals surface area contributed by atoms with E-state index in [1.807, 2.05) is 6.92 Å². The first-order valence-electron chi connectivity index (χ1n) is 7.04. The van der Waals surface area contributed by atoms with Crippen LogP contribution >= 0.6 is 0 Å². The minimum absolute atomic E-state index is 0.317. The number of carbonyl (C=O) groups is 1. The van der Waals surface area contributed by atoms with Gasteiger partial charge in [-0.1, -0.05) is 6.92 Å². The molecule has 0 radical (unpaired) electrons. The highest BCUT2D eigenvalue weighted by atomic mass is 16.5. The molecule has 2 aromatic heterocycles. The topological polar surface area (TPSA) is 79.9 Å². The van der Waals surface area contributed by atoms with Crippen LogP contribution in [0.25, 0.3) is 11.0 Å². The zero-order chi connectivity index (χ0) is 14.1. The zero-order valence-corrected chi connectivity index (χ0v) is 11.7. The number of hydrogen-bond donors (Lipinski definition) is 2. The van der Waals surface area contributed by atoms with Gasteiger partial charge < -0.3 is 10.1 Å². The van der Waals surface area contributed by atoms with Crippen molar-refractivity contribution in [3.05, 3.63) is 17.5 Å². The first-order valence-corrected chi connectivity index (χ1v) is 7.04. The highest BCUT2D eigenvalue weighted by Crippen LogP contribution is 2.33. The van der Waals surface area contributed by atoms with Crippen LogP contribution < -0.4 is 5.32 Å². The normalized spacial score (nSPS) is 14.5. The summed E-state index contributed by atoms with van der Waals surface area (Å²) in [5, 5.41) is 11.2. The van der Waals surface area contributed by atoms with Crippen molar-refractivity contribution in [2.45, 2.75) is 39.2 Å². The van der Waals surface area contributed by atoms with Crippen molar-refractivity contribution in [2.24, 2.45) is 0 Å². The molecule has 0 aromatic carbocycles. The van der Waals surface area contributed by atoms with E-state index in [0.29, 0.717) is 30.3 Å². The minimum Gasteiger partial charge on any atom is -0.462 e. The lowest BCUT2D eigenvalue weighted by Gasteiger charge is -2.14. The van der Waals surface area contributed by atoms with Gasteiger partial charge in [-0.15, -0.1) is 0 Å². The summed E-state index contributed by atoms with van der Waals surface area (Å²) < 4.78 is 5.19. The van der Waals surface area contributed by atoms with Crippen molar-refractivity contribution in [3.8, 4) is 0 Å². The van der Waals surface area contributed by atoms with Gasteiger partial charge in [0.1, 0.15) is 5.56 Å². The van der Waals surface area contributed by atoms with E-state index in [1.54, 1.807) is 13.1 Å². The highest BCUT2D eigenvalue weighted by Gasteiger charge is 2.28. The summed E-state index contributed by atoms with van der Waals surface area (Å²) in [5.41, 5.74) is 2.80. The summed E-state index contributed by atoms with van der Waals surface area (Å²) in [6, 6.07) is 0.438. The van der Waals surface area contributed by atoms with Crippen LogP contribution in [-0.4, -0.2) is 33.8 Å². The number of nitrogens with zero attached hydrogens (tertiary/aromatic N) is 2. The molecule has 3 rings (SSSR count). The Morgan fingerprint density at radius 2 is 2.30 bits per heavy atom. The molecule has 2 heterocycles. The smallest absolute Gasteiger partial charge is 0.342 e. The Morgan fingerprint density at radius 3 is 2.95 bits per heavy atom. The molecule has 1 fully saturated rings. The molecule has 6 heteroatoms. The van der Waals surface area contributed by atoms with Crippen molar-refractivity contribution in [1.82, 2.24) is 15.2 Å². The molecular formula is C14H18N4O2. The fraction of sp³-hybridized carbons (Fsp3) is 0.500. The lowest BCUT2D eigenvalue weighted by atomic mass is 10.1. The van der Waals surface area contributed by atoms with Crippen LogP contribution in [0.3, 0.4) is 0 Å². The van der Waals surface area contributed by atoms with Crippen LogP contribution in [0, 0.1) is 0 Å². The molecule has 20 heavy (non-hydrogen) atoms. The van der Waals surface area contributed by atoms with E-state index in [-0.39, 0.29) is 5.97 Å². The Balaban J connectivity index is 2.17. The van der Waals surface area contributed by atoms with Gasteiger partial charge in [-0.2, -0.15) is 5.10 Å². The maximum absolute atomic E-state index is 12.3. The monoisotopic (exact) mass is 274 g/mol. The molecule has 1 aliphatic carbocycles. The van der Waals surface area contributed by atoms with Gasteiger partial charge in [0, 0.05) is 6.04 Å². The fourth-order valence-electron chi connectivity index (χ4n) is 2.28. The molecule has 0 saturated heterocycles. The zero-order valence-electron chi connectivity index (χ0n) is 11.7. The van der Waals surface area contributed by atoms with Crippen LogP contribution in [0.4, 0.5) is 5.69 Å². The van der Waals surface area contributed by atoms with Gasteiger partial charge >= 0.3 is 5.97 Å². The van der Waals surface area contributed by atoms with Crippen LogP contribution in [0.2, 0.25) is 0 Å². The van der Waals surface area contributed by atoms with Gasteiger partial charge in [0.25, 0.3) is 0 Å². The third-order valence-corrected chi connectivity index (χ3v) is 3.41. The van der Waals surface area contributed by atoms with Crippen LogP contribution in [0.15, 0.2) is 6.20 Å². The predicted molar refractivity (Wildman–Crippen MR) is 75.9 cm³/mol. The Hall–Kier alpha value is -2.11. The fourth-order valence-corrected chi connectivity index (χ4v) is 2.28. The van der Waals surface area contributed by atoms with Crippen molar-refractivity contribution >= 4 is 22.7 Å². The van der Waals surface area contributed by atoms with E-state index in [1.165, 1.54) is 0 Å². The van der Waals surface area contributed by atoms with Gasteiger partial charge in [0.2, 0.25) is 0 Å². The third kappa shape index (κ3) is 2.21. The van der Waals surface area contributed by atoms with E-state index in [9.17, 15) is 4.79 Å². The second kappa shape index (κ2) is 5.11. The summed E-state index contributed by atoms with van der Waals surface area (Å²) in [6.07, 6.45) is 4.63. The lowest BCUT2D eigenvalue weighted by molar-refractivity contribution is 0.0526. The SMILES string of the molecule is CCOC(=O)c1c(CC)nc2[nH]ncc2c1NC1CC1. The number of aromatic amines is 1. The Kier molecular flexibility index (Phi) is 3.30. The van der Waals surface area contributed by atoms with Gasteiger partial charge in [0.05, 0.1) is 29.6 Å². The molecule has 1 saturated carbocycles. The molecule has 0 atom stereocenters. The van der Waals surface area contributed by atoms with Gasteiger partial charge in [-0.05, 0) is 26.2 Å². The highest BCUT2D eigenvalue weighted by molar-refractivity contribution is 6.05. The standard InChI is InChI=1S/C14H18N4O2/c1-3-10-11(14(19)20-4-2)12(16-8-5-6-8)9-7-15-18-13(9)17-10/h7-8H,3-6H2,1-2H3,(H2,15,16,17,18). The molecule has 1 aliphatic rings. The number of anilines is 1. The van der Waals surface area contributed by atoms with Gasteiger partial charge in [-0.25, -0.2) is 9.78 Å². The number of carbonyl (C=O) groups excluding carboxylic acids is 1. The molecule has 0 amide bonds. The summed E-state index contributed by atoms with van der Waals surface area (Å²) in [5.74, 6) is -0.317. The number of hydrogen-bond acceptors (Lipinski definition) is 5. The van der Waals surface area contributed by atoms with Gasteiger partial charge in [-0.3, -0.25) is 5.10 Å². The molecule has 106 valence electrons. The summed E-state index contributed by atoms with van der Waals surface area (Å²) in [7, 11) is 0. The second-order valence-corrected chi connectivity index (χ2v) is 4.93. The maximum Gasteiger partial charge on any atom is 0.342 e. The van der Waals surface area contributed by atoms with Crippen molar-refractivity contribution in [2.75, 3.05) is 11.9 Å². The van der Waals surface area contributed by atoms with Crippen molar-refractivity contribution < 1.29 is 9.53 Å². The number of nitrogens with one attached hydrogen (secondary N) is 2. The Morgan fingerprint density at radius 1 is 1.50 bits per heavy atom. The Labute approximate surface area is 116 Å². The Bertz CT molecular complexity index is 646. The molecule has 0 bridgehead atoms. The molecule has 2 aromatic rings. The number of rotatable bonds is 5. The van der Waals surface area contributed by atoms with Crippen LogP contribution in [0.1, 0.15) is 42.7 Å². The van der Waals surface area contributed by atoms with E-state index in [2.05, 4.69) is 20.5 Å². The summed E-state index contributed by atoms with van der Waals surface area (Å²) in [4.78, 5) is 16.8. The largest absolute Gasteiger partial charge is 0.462 e. The molecule has 0 unspecified atom stereocenters. The predicted octanol–water partition coefficient (Wildman–Crippen LogP) is 2.27. The van der Waals surface area contributed by atoms with Crippen molar-refractivity contribution in [1.29, 1.82) is 0 Å². The van der Waals surface area contributed by atoms with Crippen LogP contribution in [-0.2, 0) is 11.2 Å². The third-order valence-electron chi connectivity index (χ3n) is 3.41. The van der Waals surface area contributed by atoms with E-state index >= 15 is 0 Å². The summed E-state index contributed by atoms with van der Waals surface area (Å²) in [6.45, 7) is 4.14. The molecular weight excluding hydrogens is 256 g/mol. The first kappa shape index (κ1) is 12.9. The quantitative estimate of drug-likeness (QED) is 0.818. The van der Waals surface area contributed by atoms with Crippen molar-refractivity contribution in [3.63, 3.8) is 0 Å². The average Bonchev–Trinajstić information content (AvgIpc) is 3.13. The number of H-pyrrole nitrogens is 1. The number of esters is 1. The number of aryl methyl sites for hydroxylation is 1. The summed E-state index contributed by atoms with van der Waals surface area (Å²) >= 11 is 0. The average molecular weight is 274 g/mol. The number of ether oxygens (including phenoxy) is 1. The molecule has 0 spiro atoms. The number of aromatic nitrogens is 3. The van der Waals surface area contributed by atoms with E-state index in [0.717, 1.165) is 29.6 Å². The lowest BCUT2D eigenvalue weighted by Crippen LogP contribution is -2.15. The maximum atomic E-state index is 12.3. The minimum atomic E-state index is -0.317. The molecule has 6 nitrogen and oxygen atoms in total. The number of pyridine rings is 1. The second-order valence-electron chi connectivity index (χ2n) is 4.93. The van der Waals surface area contributed by atoms with Gasteiger partial charge in [0.15, 0.2) is 5.65 Å². The molecule has 2 N–H and O–H groups in total. The molecule has 0 aliphatic heterocycles. The van der Waals surface area contributed by atoms with E-state index in [4.69, 9.17) is 4.74 Å². The van der Waals surface area contributed by atoms with E-state index < -0.39 is 0 Å².